The first kappa shape index (κ1) is 28.9. The summed E-state index contributed by atoms with van der Waals surface area (Å²) >= 11 is 0. The number of alkyl halides is 3. The Morgan fingerprint density at radius 2 is 1.38 bits per heavy atom. The van der Waals surface area contributed by atoms with Gasteiger partial charge >= 0.3 is 6.18 Å². The third-order valence-corrected chi connectivity index (χ3v) is 14.2. The summed E-state index contributed by atoms with van der Waals surface area (Å²) in [6, 6.07) is 27.5. The molecule has 2 aromatic carbocycles. The lowest BCUT2D eigenvalue weighted by atomic mass is 10.1. The van der Waals surface area contributed by atoms with Gasteiger partial charge in [0.05, 0.1) is 5.69 Å². The Balaban J connectivity index is 1.27. The Bertz CT molecular complexity index is 1490. The molecule has 0 amide bonds. The molecule has 0 radical (unpaired) electrons. The number of pyridine rings is 1. The first-order chi connectivity index (χ1) is 19.9. The van der Waals surface area contributed by atoms with Gasteiger partial charge in [-0.15, -0.1) is 0 Å². The molecule has 4 atom stereocenters. The van der Waals surface area contributed by atoms with Crippen molar-refractivity contribution in [2.75, 3.05) is 0 Å². The largest absolute Gasteiger partial charge is 0.433 e. The van der Waals surface area contributed by atoms with Gasteiger partial charge in [0, 0.05) is 23.8 Å². The van der Waals surface area contributed by atoms with Gasteiger partial charge in [0.25, 0.3) is 8.32 Å². The van der Waals surface area contributed by atoms with Crippen molar-refractivity contribution in [2.45, 2.75) is 76.7 Å². The summed E-state index contributed by atoms with van der Waals surface area (Å²) in [5, 5.41) is 7.24. The minimum atomic E-state index is -4.49. The molecule has 42 heavy (non-hydrogen) atoms. The molecular weight excluding hydrogens is 551 g/mol. The van der Waals surface area contributed by atoms with Gasteiger partial charge in [-0.3, -0.25) is 4.68 Å². The predicted molar refractivity (Wildman–Crippen MR) is 162 cm³/mol. The molecule has 2 unspecified atom stereocenters. The molecule has 8 heteroatoms. The van der Waals surface area contributed by atoms with Crippen molar-refractivity contribution in [3.05, 3.63) is 96.3 Å². The maximum atomic E-state index is 13.3. The van der Waals surface area contributed by atoms with E-state index in [1.807, 2.05) is 10.7 Å². The number of fused-ring (bicyclic) bond motifs is 1. The lowest BCUT2D eigenvalue weighted by molar-refractivity contribution is -0.141. The molecule has 4 nitrogen and oxygen atoms in total. The van der Waals surface area contributed by atoms with Gasteiger partial charge in [0.1, 0.15) is 11.4 Å². The second-order valence-electron chi connectivity index (χ2n) is 13.1. The molecule has 220 valence electrons. The van der Waals surface area contributed by atoms with Crippen LogP contribution in [0.2, 0.25) is 5.04 Å². The molecule has 2 aliphatic carbocycles. The Kier molecular flexibility index (Phi) is 7.21. The van der Waals surface area contributed by atoms with E-state index in [4.69, 9.17) is 9.52 Å². The van der Waals surface area contributed by atoms with Crippen molar-refractivity contribution < 1.29 is 17.6 Å². The molecule has 0 spiro atoms. The summed E-state index contributed by atoms with van der Waals surface area (Å²) in [4.78, 5) is 3.90. The highest BCUT2D eigenvalue weighted by molar-refractivity contribution is 6.99. The van der Waals surface area contributed by atoms with E-state index in [1.54, 1.807) is 6.07 Å². The lowest BCUT2D eigenvalue weighted by Gasteiger charge is -2.45. The summed E-state index contributed by atoms with van der Waals surface area (Å²) < 4.78 is 49.4. The van der Waals surface area contributed by atoms with Crippen molar-refractivity contribution in [2.24, 2.45) is 11.8 Å². The van der Waals surface area contributed by atoms with Crippen molar-refractivity contribution in [1.29, 1.82) is 0 Å². The third kappa shape index (κ3) is 5.02. The van der Waals surface area contributed by atoms with Gasteiger partial charge in [0.2, 0.25) is 0 Å². The summed E-state index contributed by atoms with van der Waals surface area (Å²) in [5.74, 6) is 1.29. The fourth-order valence-electron chi connectivity index (χ4n) is 7.20. The zero-order valence-electron chi connectivity index (χ0n) is 24.8. The molecule has 6 rings (SSSR count). The van der Waals surface area contributed by atoms with Gasteiger partial charge in [-0.25, -0.2) is 4.98 Å². The molecule has 2 aliphatic rings. The summed E-state index contributed by atoms with van der Waals surface area (Å²) in [7, 11) is -2.63. The third-order valence-electron chi connectivity index (χ3n) is 9.06. The van der Waals surface area contributed by atoms with Crippen LogP contribution in [0.3, 0.4) is 0 Å². The van der Waals surface area contributed by atoms with Crippen LogP contribution < -0.4 is 10.4 Å². The quantitative estimate of drug-likeness (QED) is 0.208. The molecule has 0 saturated heterocycles. The molecule has 2 aromatic heterocycles. The first-order valence-electron chi connectivity index (χ1n) is 14.8. The van der Waals surface area contributed by atoms with E-state index < -0.39 is 20.2 Å². The average Bonchev–Trinajstić information content (AvgIpc) is 3.27. The van der Waals surface area contributed by atoms with Gasteiger partial charge < -0.3 is 4.43 Å². The maximum Gasteiger partial charge on any atom is 0.433 e. The van der Waals surface area contributed by atoms with E-state index in [-0.39, 0.29) is 22.9 Å². The van der Waals surface area contributed by atoms with E-state index in [0.29, 0.717) is 23.4 Å². The molecule has 2 saturated carbocycles. The molecule has 2 heterocycles. The minimum Gasteiger partial charge on any atom is -0.404 e. The minimum absolute atomic E-state index is 0.0784. The second-order valence-corrected chi connectivity index (χ2v) is 17.4. The van der Waals surface area contributed by atoms with Crippen LogP contribution in [0.4, 0.5) is 13.2 Å². The Labute approximate surface area is 247 Å². The number of nitrogens with zero attached hydrogens (tertiary/aromatic N) is 3. The summed E-state index contributed by atoms with van der Waals surface area (Å²) in [5.41, 5.74) is 0.949. The monoisotopic (exact) mass is 589 g/mol. The number of hydrogen-bond acceptors (Lipinski definition) is 3. The highest BCUT2D eigenvalue weighted by atomic mass is 28.4. The van der Waals surface area contributed by atoms with Gasteiger partial charge in [-0.05, 0) is 72.1 Å². The molecular formula is C34H38F3N3OSi. The lowest BCUT2D eigenvalue weighted by Crippen LogP contribution is -2.67. The summed E-state index contributed by atoms with van der Waals surface area (Å²) in [6.45, 7) is 11.0. The zero-order chi connectivity index (χ0) is 29.9. The van der Waals surface area contributed by atoms with E-state index in [2.05, 4.69) is 100 Å². The van der Waals surface area contributed by atoms with Crippen molar-refractivity contribution in [1.82, 2.24) is 14.8 Å². The molecule has 2 fully saturated rings. The fourth-order valence-corrected chi connectivity index (χ4v) is 11.9. The number of benzene rings is 2. The predicted octanol–water partition coefficient (Wildman–Crippen LogP) is 7.61. The van der Waals surface area contributed by atoms with Gasteiger partial charge in [-0.1, -0.05) is 87.5 Å². The van der Waals surface area contributed by atoms with Crippen LogP contribution in [0, 0.1) is 11.8 Å². The van der Waals surface area contributed by atoms with E-state index >= 15 is 0 Å². The van der Waals surface area contributed by atoms with Crippen LogP contribution in [-0.4, -0.2) is 29.2 Å². The summed E-state index contributed by atoms with van der Waals surface area (Å²) in [6.07, 6.45) is -2.39. The van der Waals surface area contributed by atoms with Crippen LogP contribution in [0.5, 0.6) is 0 Å². The van der Waals surface area contributed by atoms with Crippen LogP contribution >= 0.6 is 0 Å². The fraction of sp³-hybridized carbons (Fsp3) is 0.412. The van der Waals surface area contributed by atoms with Crippen LogP contribution in [-0.2, 0) is 10.6 Å². The van der Waals surface area contributed by atoms with Crippen molar-refractivity contribution >= 4 is 18.7 Å². The Morgan fingerprint density at radius 1 is 0.810 bits per heavy atom. The SMILES string of the molecule is CC(C)n1nc(-c2cccc(C(F)(F)F)n2)cc1C1[C@H]2CC(O[Si](c3ccccc3)(c3ccccc3)C(C)(C)C)C[C@@H]12. The van der Waals surface area contributed by atoms with Crippen LogP contribution in [0.15, 0.2) is 84.9 Å². The first-order valence-corrected chi connectivity index (χ1v) is 16.7. The zero-order valence-corrected chi connectivity index (χ0v) is 25.8. The molecule has 0 N–H and O–H groups in total. The van der Waals surface area contributed by atoms with Crippen LogP contribution in [0.25, 0.3) is 11.4 Å². The number of rotatable bonds is 7. The van der Waals surface area contributed by atoms with E-state index in [1.165, 1.54) is 16.4 Å². The van der Waals surface area contributed by atoms with Gasteiger partial charge in [0.15, 0.2) is 0 Å². The molecule has 0 bridgehead atoms. The van der Waals surface area contributed by atoms with Crippen LogP contribution in [0.1, 0.15) is 70.8 Å². The van der Waals surface area contributed by atoms with Crippen molar-refractivity contribution in [3.63, 3.8) is 0 Å². The standard InChI is InChI=1S/C34H38F3N3OSi/c1-22(2)40-30(21-29(39-40)28-17-12-18-31(38-28)34(35,36)37)32-26-19-23(20-27(26)32)41-42(33(3,4)5,24-13-8-6-9-14-24)25-15-10-7-11-16-25/h6-18,21-23,26-27,32H,19-20H2,1-5H3/t23?,26-,27+,32?. The highest BCUT2D eigenvalue weighted by Gasteiger charge is 2.61. The normalized spacial score (nSPS) is 22.4. The average molecular weight is 590 g/mol. The maximum absolute atomic E-state index is 13.3. The van der Waals surface area contributed by atoms with Gasteiger partial charge in [-0.2, -0.15) is 18.3 Å². The molecule has 4 aromatic rings. The number of hydrogen-bond donors (Lipinski definition) is 0. The van der Waals surface area contributed by atoms with E-state index in [0.717, 1.165) is 24.6 Å². The number of aromatic nitrogens is 3. The Morgan fingerprint density at radius 3 is 1.88 bits per heavy atom. The van der Waals surface area contributed by atoms with Crippen molar-refractivity contribution in [3.8, 4) is 11.4 Å². The smallest absolute Gasteiger partial charge is 0.404 e. The van der Waals surface area contributed by atoms with E-state index in [9.17, 15) is 13.2 Å². The second kappa shape index (κ2) is 10.5. The number of halogens is 3. The Hall–Kier alpha value is -3.23. The highest BCUT2D eigenvalue weighted by Crippen LogP contribution is 2.64. The topological polar surface area (TPSA) is 39.9 Å². The molecule has 0 aliphatic heterocycles.